The first-order valence-corrected chi connectivity index (χ1v) is 12.6. The lowest BCUT2D eigenvalue weighted by Gasteiger charge is -2.28. The number of rotatable bonds is 9. The Hall–Kier alpha value is -3.65. The highest BCUT2D eigenvalue weighted by Crippen LogP contribution is 2.20. The van der Waals surface area contributed by atoms with E-state index >= 15 is 0 Å². The van der Waals surface area contributed by atoms with Crippen molar-refractivity contribution < 1.29 is 18.0 Å². The number of carbonyl (C=O) groups excluding carboxylic acids is 2. The van der Waals surface area contributed by atoms with Crippen molar-refractivity contribution in [3.63, 3.8) is 0 Å². The van der Waals surface area contributed by atoms with Crippen molar-refractivity contribution in [2.45, 2.75) is 38.1 Å². The highest BCUT2D eigenvalue weighted by Gasteiger charge is 2.27. The van der Waals surface area contributed by atoms with Crippen LogP contribution in [-0.2, 0) is 14.8 Å². The maximum atomic E-state index is 13.3. The molecule has 3 aromatic rings. The molecule has 0 fully saturated rings. The van der Waals surface area contributed by atoms with Crippen molar-refractivity contribution in [2.75, 3.05) is 16.6 Å². The number of nitrogens with zero attached hydrogens (tertiary/aromatic N) is 1. The molecule has 1 unspecified atom stereocenters. The molecule has 0 aliphatic heterocycles. The van der Waals surface area contributed by atoms with Crippen molar-refractivity contribution in [3.8, 4) is 0 Å². The van der Waals surface area contributed by atoms with Crippen LogP contribution in [0.25, 0.3) is 0 Å². The van der Waals surface area contributed by atoms with Gasteiger partial charge in [-0.15, -0.1) is 0 Å². The predicted octanol–water partition coefficient (Wildman–Crippen LogP) is 4.68. The van der Waals surface area contributed by atoms with Gasteiger partial charge in [0.25, 0.3) is 15.9 Å². The minimum absolute atomic E-state index is 0.0308. The second-order valence-corrected chi connectivity index (χ2v) is 9.71. The van der Waals surface area contributed by atoms with E-state index in [4.69, 9.17) is 0 Å². The van der Waals surface area contributed by atoms with Gasteiger partial charge in [-0.25, -0.2) is 8.42 Å². The normalized spacial score (nSPS) is 12.0. The van der Waals surface area contributed by atoms with Crippen molar-refractivity contribution in [3.05, 3.63) is 90.0 Å². The van der Waals surface area contributed by atoms with E-state index in [2.05, 4.69) is 10.0 Å². The molecule has 3 aromatic carbocycles. The van der Waals surface area contributed by atoms with E-state index in [1.807, 2.05) is 44.2 Å². The topological polar surface area (TPSA) is 95.6 Å². The standard InChI is InChI=1S/C26H29N3O4S/c1-4-17-29(20(3)25(30)27-22-10-6-5-7-11-22)26(31)21-9-8-12-24(18-21)34(32,33)28-23-15-13-19(2)14-16-23/h5-16,18,20,28H,4,17H2,1-3H3,(H,27,30). The highest BCUT2D eigenvalue weighted by atomic mass is 32.2. The summed E-state index contributed by atoms with van der Waals surface area (Å²) in [5.41, 5.74) is 2.27. The van der Waals surface area contributed by atoms with Crippen molar-refractivity contribution in [2.24, 2.45) is 0 Å². The summed E-state index contributed by atoms with van der Waals surface area (Å²) in [5.74, 6) is -0.734. The molecule has 2 amide bonds. The maximum Gasteiger partial charge on any atom is 0.261 e. The lowest BCUT2D eigenvalue weighted by molar-refractivity contribution is -0.120. The van der Waals surface area contributed by atoms with Crippen LogP contribution in [-0.4, -0.2) is 37.7 Å². The molecule has 0 saturated heterocycles. The Bertz CT molecular complexity index is 1240. The fourth-order valence-corrected chi connectivity index (χ4v) is 4.52. The zero-order chi connectivity index (χ0) is 24.7. The van der Waals surface area contributed by atoms with E-state index in [0.29, 0.717) is 24.3 Å². The smallest absolute Gasteiger partial charge is 0.261 e. The van der Waals surface area contributed by atoms with Gasteiger partial charge < -0.3 is 10.2 Å². The molecule has 34 heavy (non-hydrogen) atoms. The number of para-hydroxylation sites is 1. The molecule has 0 aliphatic rings. The maximum absolute atomic E-state index is 13.3. The summed E-state index contributed by atoms with van der Waals surface area (Å²) in [6.45, 7) is 5.83. The molecule has 0 aromatic heterocycles. The summed E-state index contributed by atoms with van der Waals surface area (Å²) in [4.78, 5) is 27.6. The average molecular weight is 480 g/mol. The van der Waals surface area contributed by atoms with Gasteiger partial charge in [-0.05, 0) is 62.7 Å². The fraction of sp³-hybridized carbons (Fsp3) is 0.231. The summed E-state index contributed by atoms with van der Waals surface area (Å²) < 4.78 is 28.3. The lowest BCUT2D eigenvalue weighted by atomic mass is 10.1. The zero-order valence-electron chi connectivity index (χ0n) is 19.5. The molecule has 0 radical (unpaired) electrons. The Balaban J connectivity index is 1.81. The second kappa shape index (κ2) is 11.0. The van der Waals surface area contributed by atoms with Crippen LogP contribution in [0.3, 0.4) is 0 Å². The number of amides is 2. The number of hydrogen-bond donors (Lipinski definition) is 2. The quantitative estimate of drug-likeness (QED) is 0.466. The van der Waals surface area contributed by atoms with Crippen molar-refractivity contribution in [1.82, 2.24) is 4.90 Å². The Labute approximate surface area is 200 Å². The minimum Gasteiger partial charge on any atom is -0.327 e. The fourth-order valence-electron chi connectivity index (χ4n) is 3.42. The van der Waals surface area contributed by atoms with Crippen molar-refractivity contribution >= 4 is 33.2 Å². The third-order valence-electron chi connectivity index (χ3n) is 5.31. The molecule has 1 atom stereocenters. The van der Waals surface area contributed by atoms with Crippen LogP contribution in [0.5, 0.6) is 0 Å². The third kappa shape index (κ3) is 6.23. The number of benzene rings is 3. The van der Waals surface area contributed by atoms with Gasteiger partial charge in [0.1, 0.15) is 6.04 Å². The van der Waals surface area contributed by atoms with Gasteiger partial charge in [0.05, 0.1) is 4.90 Å². The Morgan fingerprint density at radius 1 is 0.912 bits per heavy atom. The summed E-state index contributed by atoms with van der Waals surface area (Å²) in [6.07, 6.45) is 0.641. The van der Waals surface area contributed by atoms with Crippen LogP contribution >= 0.6 is 0 Å². The third-order valence-corrected chi connectivity index (χ3v) is 6.69. The summed E-state index contributed by atoms with van der Waals surface area (Å²) in [5, 5.41) is 2.82. The van der Waals surface area contributed by atoms with E-state index in [1.165, 1.54) is 23.1 Å². The molecule has 8 heteroatoms. The number of hydrogen-bond acceptors (Lipinski definition) is 4. The number of nitrogens with one attached hydrogen (secondary N) is 2. The van der Waals surface area contributed by atoms with E-state index in [0.717, 1.165) is 5.56 Å². The number of anilines is 2. The second-order valence-electron chi connectivity index (χ2n) is 8.03. The average Bonchev–Trinajstić information content (AvgIpc) is 2.83. The molecular weight excluding hydrogens is 450 g/mol. The van der Waals surface area contributed by atoms with Gasteiger partial charge >= 0.3 is 0 Å². The highest BCUT2D eigenvalue weighted by molar-refractivity contribution is 7.92. The molecular formula is C26H29N3O4S. The van der Waals surface area contributed by atoms with E-state index < -0.39 is 22.0 Å². The first-order chi connectivity index (χ1) is 16.2. The molecule has 0 bridgehead atoms. The van der Waals surface area contributed by atoms with Gasteiger partial charge in [0.2, 0.25) is 5.91 Å². The number of sulfonamides is 1. The molecule has 178 valence electrons. The van der Waals surface area contributed by atoms with E-state index in [1.54, 1.807) is 37.3 Å². The molecule has 0 aliphatic carbocycles. The van der Waals surface area contributed by atoms with Gasteiger partial charge in [-0.3, -0.25) is 14.3 Å². The predicted molar refractivity (Wildman–Crippen MR) is 134 cm³/mol. The van der Waals surface area contributed by atoms with Crippen LogP contribution in [0.1, 0.15) is 36.2 Å². The van der Waals surface area contributed by atoms with Gasteiger partial charge in [-0.2, -0.15) is 0 Å². The summed E-state index contributed by atoms with van der Waals surface area (Å²) in [6, 6.07) is 21.1. The largest absolute Gasteiger partial charge is 0.327 e. The van der Waals surface area contributed by atoms with Gasteiger partial charge in [-0.1, -0.05) is 48.9 Å². The van der Waals surface area contributed by atoms with Crippen LogP contribution in [0.2, 0.25) is 0 Å². The van der Waals surface area contributed by atoms with Gasteiger partial charge in [0, 0.05) is 23.5 Å². The molecule has 0 saturated carbocycles. The summed E-state index contributed by atoms with van der Waals surface area (Å²) in [7, 11) is -3.90. The Kier molecular flexibility index (Phi) is 8.07. The zero-order valence-corrected chi connectivity index (χ0v) is 20.3. The first-order valence-electron chi connectivity index (χ1n) is 11.1. The Morgan fingerprint density at radius 2 is 1.59 bits per heavy atom. The van der Waals surface area contributed by atoms with E-state index in [-0.39, 0.29) is 16.4 Å². The van der Waals surface area contributed by atoms with Crippen molar-refractivity contribution in [1.29, 1.82) is 0 Å². The molecule has 7 nitrogen and oxygen atoms in total. The summed E-state index contributed by atoms with van der Waals surface area (Å²) >= 11 is 0. The molecule has 0 heterocycles. The number of aryl methyl sites for hydroxylation is 1. The first kappa shape index (κ1) is 25.0. The molecule has 0 spiro atoms. The van der Waals surface area contributed by atoms with Crippen LogP contribution in [0, 0.1) is 6.92 Å². The van der Waals surface area contributed by atoms with Gasteiger partial charge in [0.15, 0.2) is 0 Å². The lowest BCUT2D eigenvalue weighted by Crippen LogP contribution is -2.46. The number of carbonyl (C=O) groups is 2. The minimum atomic E-state index is -3.90. The van der Waals surface area contributed by atoms with E-state index in [9.17, 15) is 18.0 Å². The van der Waals surface area contributed by atoms with Crippen LogP contribution in [0.15, 0.2) is 83.8 Å². The molecule has 3 rings (SSSR count). The monoisotopic (exact) mass is 479 g/mol. The van der Waals surface area contributed by atoms with Crippen LogP contribution < -0.4 is 10.0 Å². The van der Waals surface area contributed by atoms with Crippen LogP contribution in [0.4, 0.5) is 11.4 Å². The Morgan fingerprint density at radius 3 is 2.24 bits per heavy atom. The molecule has 2 N–H and O–H groups in total. The SMILES string of the molecule is CCCN(C(=O)c1cccc(S(=O)(=O)Nc2ccc(C)cc2)c1)C(C)C(=O)Nc1ccccc1.